The monoisotopic (exact) mass is 316 g/mol. The van der Waals surface area contributed by atoms with Gasteiger partial charge in [0.2, 0.25) is 0 Å². The number of allylic oxidation sites excluding steroid dienone is 3. The molecule has 1 N–H and O–H groups in total. The summed E-state index contributed by atoms with van der Waals surface area (Å²) in [5.41, 5.74) is 1.86. The van der Waals surface area contributed by atoms with E-state index >= 15 is 0 Å². The first-order valence-corrected chi connectivity index (χ1v) is 7.59. The highest BCUT2D eigenvalue weighted by atomic mass is 19.1. The van der Waals surface area contributed by atoms with Crippen LogP contribution in [0.15, 0.2) is 65.3 Å². The third-order valence-corrected chi connectivity index (χ3v) is 4.17. The molecule has 23 heavy (non-hydrogen) atoms. The number of nitrogens with one attached hydrogen (secondary N) is 1. The Labute approximate surface area is 134 Å². The van der Waals surface area contributed by atoms with Crippen LogP contribution in [-0.2, 0) is 0 Å². The van der Waals surface area contributed by atoms with Gasteiger partial charge < -0.3 is 10.2 Å². The number of carbonyl (C=O) groups is 1. The maximum Gasteiger partial charge on any atom is 0.318 e. The minimum atomic E-state index is -0.322. The Balaban J connectivity index is 1.99. The Kier molecular flexibility index (Phi) is 4.28. The quantitative estimate of drug-likeness (QED) is 0.872. The van der Waals surface area contributed by atoms with E-state index in [0.29, 0.717) is 5.57 Å². The average molecular weight is 316 g/mol. The van der Waals surface area contributed by atoms with Gasteiger partial charge in [0.25, 0.3) is 0 Å². The minimum absolute atomic E-state index is 0.0744. The molecule has 0 saturated heterocycles. The van der Waals surface area contributed by atoms with Gasteiger partial charge in [-0.15, -0.1) is 0 Å². The first-order chi connectivity index (χ1) is 11.1. The van der Waals surface area contributed by atoms with Crippen LogP contribution in [0.5, 0.6) is 0 Å². The fourth-order valence-corrected chi connectivity index (χ4v) is 3.00. The number of urea groups is 1. The molecule has 2 amide bonds. The van der Waals surface area contributed by atoms with Crippen LogP contribution in [0, 0.1) is 0 Å². The molecule has 0 radical (unpaired) electrons. The molecule has 0 aromatic heterocycles. The van der Waals surface area contributed by atoms with Gasteiger partial charge in [-0.1, -0.05) is 36.4 Å². The van der Waals surface area contributed by atoms with Crippen LogP contribution in [0.2, 0.25) is 0 Å². The van der Waals surface area contributed by atoms with Crippen molar-refractivity contribution >= 4 is 6.03 Å². The maximum atomic E-state index is 14.1. The third-order valence-electron chi connectivity index (χ3n) is 4.17. The van der Waals surface area contributed by atoms with Crippen molar-refractivity contribution in [2.45, 2.75) is 18.9 Å². The van der Waals surface area contributed by atoms with Gasteiger partial charge in [0.1, 0.15) is 11.7 Å². The lowest BCUT2D eigenvalue weighted by Gasteiger charge is -2.24. The molecular weight excluding hydrogens is 298 g/mol. The van der Waals surface area contributed by atoms with Crippen molar-refractivity contribution in [3.63, 3.8) is 0 Å². The van der Waals surface area contributed by atoms with Crippen LogP contribution in [0.3, 0.4) is 0 Å². The van der Waals surface area contributed by atoms with E-state index in [2.05, 4.69) is 5.32 Å². The zero-order valence-corrected chi connectivity index (χ0v) is 12.9. The highest BCUT2D eigenvalue weighted by Gasteiger charge is 2.32. The van der Waals surface area contributed by atoms with Crippen LogP contribution >= 0.6 is 0 Å². The minimum Gasteiger partial charge on any atom is -0.341 e. The van der Waals surface area contributed by atoms with Gasteiger partial charge in [0.05, 0.1) is 6.04 Å². The Morgan fingerprint density at radius 1 is 1.22 bits per heavy atom. The summed E-state index contributed by atoms with van der Waals surface area (Å²) in [6.07, 6.45) is 3.27. The van der Waals surface area contributed by atoms with E-state index in [1.165, 1.54) is 6.08 Å². The largest absolute Gasteiger partial charge is 0.341 e. The highest BCUT2D eigenvalue weighted by molar-refractivity contribution is 5.76. The zero-order valence-electron chi connectivity index (χ0n) is 12.9. The van der Waals surface area contributed by atoms with Crippen molar-refractivity contribution in [1.82, 2.24) is 10.2 Å². The molecular formula is C18H18F2N2O. The van der Waals surface area contributed by atoms with Crippen molar-refractivity contribution in [3.8, 4) is 0 Å². The SMILES string of the molecule is CNC(=O)N1CC(C2=C(F)CCC(F)=C2)=CC1c1ccccc1. The molecule has 1 aliphatic heterocycles. The number of rotatable bonds is 2. The van der Waals surface area contributed by atoms with Crippen LogP contribution < -0.4 is 5.32 Å². The van der Waals surface area contributed by atoms with Crippen LogP contribution in [0.1, 0.15) is 24.4 Å². The Morgan fingerprint density at radius 2 is 1.96 bits per heavy atom. The Morgan fingerprint density at radius 3 is 2.65 bits per heavy atom. The number of benzene rings is 1. The molecule has 1 heterocycles. The van der Waals surface area contributed by atoms with E-state index in [1.807, 2.05) is 36.4 Å². The number of hydrogen-bond donors (Lipinski definition) is 1. The summed E-state index contributed by atoms with van der Waals surface area (Å²) in [5, 5.41) is 2.60. The van der Waals surface area contributed by atoms with Crippen molar-refractivity contribution in [3.05, 3.63) is 70.8 Å². The number of halogens is 2. The number of hydrogen-bond acceptors (Lipinski definition) is 1. The normalized spacial score (nSPS) is 21.2. The molecule has 0 fully saturated rings. The number of nitrogens with zero attached hydrogens (tertiary/aromatic N) is 1. The lowest BCUT2D eigenvalue weighted by atomic mass is 9.97. The number of carbonyl (C=O) groups excluding carboxylic acids is 1. The lowest BCUT2D eigenvalue weighted by Crippen LogP contribution is -2.38. The predicted molar refractivity (Wildman–Crippen MR) is 85.0 cm³/mol. The smallest absolute Gasteiger partial charge is 0.318 e. The summed E-state index contributed by atoms with van der Waals surface area (Å²) in [6, 6.07) is 8.99. The highest BCUT2D eigenvalue weighted by Crippen LogP contribution is 2.37. The fraction of sp³-hybridized carbons (Fsp3) is 0.278. The van der Waals surface area contributed by atoms with Gasteiger partial charge in [-0.25, -0.2) is 13.6 Å². The van der Waals surface area contributed by atoms with Crippen LogP contribution in [0.25, 0.3) is 0 Å². The first kappa shape index (κ1) is 15.5. The molecule has 0 bridgehead atoms. The summed E-state index contributed by atoms with van der Waals surface area (Å²) in [4.78, 5) is 13.8. The van der Waals surface area contributed by atoms with Gasteiger partial charge in [-0.2, -0.15) is 0 Å². The van der Waals surface area contributed by atoms with Crippen molar-refractivity contribution in [2.75, 3.05) is 13.6 Å². The molecule has 3 nitrogen and oxygen atoms in total. The van der Waals surface area contributed by atoms with Crippen LogP contribution in [-0.4, -0.2) is 24.5 Å². The van der Waals surface area contributed by atoms with Gasteiger partial charge in [-0.3, -0.25) is 0 Å². The van der Waals surface area contributed by atoms with E-state index in [-0.39, 0.29) is 48.7 Å². The predicted octanol–water partition coefficient (Wildman–Crippen LogP) is 4.18. The molecule has 5 heteroatoms. The lowest BCUT2D eigenvalue weighted by molar-refractivity contribution is 0.199. The topological polar surface area (TPSA) is 32.3 Å². The maximum absolute atomic E-state index is 14.1. The van der Waals surface area contributed by atoms with E-state index in [0.717, 1.165) is 5.56 Å². The molecule has 1 unspecified atom stereocenters. The van der Waals surface area contributed by atoms with E-state index < -0.39 is 0 Å². The van der Waals surface area contributed by atoms with E-state index in [9.17, 15) is 13.6 Å². The summed E-state index contributed by atoms with van der Waals surface area (Å²) in [7, 11) is 1.56. The van der Waals surface area contributed by atoms with Crippen molar-refractivity contribution in [2.24, 2.45) is 0 Å². The molecule has 1 aliphatic carbocycles. The molecule has 0 spiro atoms. The molecule has 120 valence electrons. The number of amides is 2. The van der Waals surface area contributed by atoms with E-state index in [4.69, 9.17) is 0 Å². The summed E-state index contributed by atoms with van der Waals surface area (Å²) < 4.78 is 27.7. The fourth-order valence-electron chi connectivity index (χ4n) is 3.00. The summed E-state index contributed by atoms with van der Waals surface area (Å²) in [6.45, 7) is 0.256. The second-order valence-corrected chi connectivity index (χ2v) is 5.64. The second kappa shape index (κ2) is 6.36. The van der Waals surface area contributed by atoms with E-state index in [1.54, 1.807) is 11.9 Å². The molecule has 3 rings (SSSR count). The van der Waals surface area contributed by atoms with Gasteiger partial charge in [-0.05, 0) is 17.2 Å². The first-order valence-electron chi connectivity index (χ1n) is 7.59. The van der Waals surface area contributed by atoms with Gasteiger partial charge in [0.15, 0.2) is 0 Å². The summed E-state index contributed by atoms with van der Waals surface area (Å²) in [5.74, 6) is -0.639. The molecule has 1 atom stereocenters. The molecule has 2 aliphatic rings. The van der Waals surface area contributed by atoms with Crippen molar-refractivity contribution < 1.29 is 13.6 Å². The summed E-state index contributed by atoms with van der Waals surface area (Å²) >= 11 is 0. The Hall–Kier alpha value is -2.43. The second-order valence-electron chi connectivity index (χ2n) is 5.64. The standard InChI is InChI=1S/C18H18F2N2O/c1-21-18(23)22-11-13(15-10-14(19)7-8-16(15)20)9-17(22)12-5-3-2-4-6-12/h2-6,9-10,17H,7-8,11H2,1H3,(H,21,23). The third kappa shape index (κ3) is 3.04. The Bertz CT molecular complexity index is 707. The van der Waals surface area contributed by atoms with Gasteiger partial charge in [0, 0.05) is 32.0 Å². The zero-order chi connectivity index (χ0) is 16.4. The van der Waals surface area contributed by atoms with Crippen molar-refractivity contribution in [1.29, 1.82) is 0 Å². The molecule has 1 aromatic carbocycles. The molecule has 0 saturated carbocycles. The van der Waals surface area contributed by atoms with Gasteiger partial charge >= 0.3 is 6.03 Å². The molecule has 1 aromatic rings. The van der Waals surface area contributed by atoms with Crippen LogP contribution in [0.4, 0.5) is 13.6 Å². The average Bonchev–Trinajstić information content (AvgIpc) is 3.02.